The predicted octanol–water partition coefficient (Wildman–Crippen LogP) is 4.13. The van der Waals surface area contributed by atoms with E-state index in [2.05, 4.69) is 60.3 Å². The zero-order valence-electron chi connectivity index (χ0n) is 27.3. The molecule has 1 atom stereocenters. The zero-order chi connectivity index (χ0) is 31.5. The summed E-state index contributed by atoms with van der Waals surface area (Å²) in [6, 6.07) is 15.0. The molecule has 3 fully saturated rings. The summed E-state index contributed by atoms with van der Waals surface area (Å²) in [5, 5.41) is 3.02. The third-order valence-electron chi connectivity index (χ3n) is 10.5. The Morgan fingerprint density at radius 3 is 2.13 bits per heavy atom. The molecule has 242 valence electrons. The number of carbonyl (C=O) groups excluding carboxylic acids is 3. The largest absolute Gasteiger partial charge is 0.343 e. The van der Waals surface area contributed by atoms with Gasteiger partial charge in [0.25, 0.3) is 0 Å². The van der Waals surface area contributed by atoms with Gasteiger partial charge in [-0.05, 0) is 70.2 Å². The number of para-hydroxylation sites is 1. The van der Waals surface area contributed by atoms with Gasteiger partial charge >= 0.3 is 6.03 Å². The Hall–Kier alpha value is -3.43. The lowest BCUT2D eigenvalue weighted by Gasteiger charge is -2.43. The van der Waals surface area contributed by atoms with Gasteiger partial charge in [-0.3, -0.25) is 14.5 Å². The molecule has 4 amide bonds. The molecule has 1 N–H and O–H groups in total. The lowest BCUT2D eigenvalue weighted by molar-refractivity contribution is -0.143. The van der Waals surface area contributed by atoms with Gasteiger partial charge in [0.05, 0.1) is 5.92 Å². The molecule has 9 nitrogen and oxygen atoms in total. The van der Waals surface area contributed by atoms with E-state index in [4.69, 9.17) is 0 Å². The van der Waals surface area contributed by atoms with Crippen molar-refractivity contribution in [2.75, 3.05) is 64.7 Å². The fourth-order valence-corrected chi connectivity index (χ4v) is 7.90. The van der Waals surface area contributed by atoms with Gasteiger partial charge in [-0.2, -0.15) is 0 Å². The number of rotatable bonds is 7. The highest BCUT2D eigenvalue weighted by Gasteiger charge is 2.36. The molecule has 0 saturated carbocycles. The minimum atomic E-state index is -0.374. The zero-order valence-corrected chi connectivity index (χ0v) is 27.3. The van der Waals surface area contributed by atoms with Crippen molar-refractivity contribution in [1.29, 1.82) is 0 Å². The summed E-state index contributed by atoms with van der Waals surface area (Å²) in [6.07, 6.45) is 4.30. The van der Waals surface area contributed by atoms with Crippen LogP contribution in [0.4, 0.5) is 10.5 Å². The summed E-state index contributed by atoms with van der Waals surface area (Å²) in [4.78, 5) is 51.6. The molecular formula is C36H50N6O3. The molecule has 6 rings (SSSR count). The Labute approximate surface area is 268 Å². The van der Waals surface area contributed by atoms with E-state index in [-0.39, 0.29) is 36.2 Å². The smallest absolute Gasteiger partial charge is 0.322 e. The van der Waals surface area contributed by atoms with Crippen molar-refractivity contribution < 1.29 is 14.4 Å². The van der Waals surface area contributed by atoms with Gasteiger partial charge in [0.15, 0.2) is 0 Å². The fourth-order valence-electron chi connectivity index (χ4n) is 7.90. The first-order chi connectivity index (χ1) is 21.7. The number of amides is 4. The first-order valence-corrected chi connectivity index (χ1v) is 17.0. The van der Waals surface area contributed by atoms with Crippen molar-refractivity contribution in [2.24, 2.45) is 5.92 Å². The standard InChI is InChI=1S/C36H50N6O3/c1-26-20-27(2)22-28(21-26)23-30(35(44)41-14-8-31(9-15-41)39-18-16-38(3)17-19-39)24-34(43)40-12-10-32(11-13-40)42-25-29-6-4-5-7-33(29)37-36(42)45/h4-7,20-22,30-32H,8-19,23-25H2,1-3H3,(H,37,45). The number of hydrogen-bond donors (Lipinski definition) is 1. The number of aryl methyl sites for hydroxylation is 2. The van der Waals surface area contributed by atoms with Crippen LogP contribution in [-0.4, -0.2) is 114 Å². The maximum Gasteiger partial charge on any atom is 0.322 e. The second kappa shape index (κ2) is 13.9. The van der Waals surface area contributed by atoms with Crippen LogP contribution in [0.3, 0.4) is 0 Å². The number of nitrogens with one attached hydrogen (secondary N) is 1. The maximum absolute atomic E-state index is 14.1. The van der Waals surface area contributed by atoms with E-state index in [0.29, 0.717) is 32.1 Å². The van der Waals surface area contributed by atoms with Crippen LogP contribution in [0, 0.1) is 19.8 Å². The second-order valence-electron chi connectivity index (χ2n) is 13.8. The molecular weight excluding hydrogens is 564 g/mol. The number of fused-ring (bicyclic) bond motifs is 1. The van der Waals surface area contributed by atoms with Crippen molar-refractivity contribution in [3.8, 4) is 0 Å². The highest BCUT2D eigenvalue weighted by atomic mass is 16.2. The number of anilines is 1. The van der Waals surface area contributed by atoms with Crippen LogP contribution in [0.15, 0.2) is 42.5 Å². The molecule has 0 radical (unpaired) electrons. The quantitative estimate of drug-likeness (QED) is 0.508. The third-order valence-corrected chi connectivity index (χ3v) is 10.5. The summed E-state index contributed by atoms with van der Waals surface area (Å²) in [7, 11) is 2.18. The molecule has 9 heteroatoms. The number of likely N-dealkylation sites (tertiary alicyclic amines) is 2. The van der Waals surface area contributed by atoms with Crippen LogP contribution in [0.25, 0.3) is 0 Å². The van der Waals surface area contributed by atoms with E-state index >= 15 is 0 Å². The van der Waals surface area contributed by atoms with Gasteiger partial charge < -0.3 is 24.9 Å². The van der Waals surface area contributed by atoms with E-state index in [1.807, 2.05) is 32.9 Å². The molecule has 4 heterocycles. The van der Waals surface area contributed by atoms with Crippen molar-refractivity contribution in [3.05, 3.63) is 64.7 Å². The number of hydrogen-bond acceptors (Lipinski definition) is 5. The second-order valence-corrected chi connectivity index (χ2v) is 13.8. The first kappa shape index (κ1) is 31.5. The van der Waals surface area contributed by atoms with Crippen LogP contribution >= 0.6 is 0 Å². The molecule has 0 aromatic heterocycles. The molecule has 4 aliphatic heterocycles. The summed E-state index contributed by atoms with van der Waals surface area (Å²) >= 11 is 0. The summed E-state index contributed by atoms with van der Waals surface area (Å²) in [5.74, 6) is -0.198. The van der Waals surface area contributed by atoms with Crippen LogP contribution in [0.5, 0.6) is 0 Å². The average molecular weight is 615 g/mol. The Morgan fingerprint density at radius 2 is 1.44 bits per heavy atom. The molecule has 3 saturated heterocycles. The molecule has 2 aromatic carbocycles. The van der Waals surface area contributed by atoms with Gasteiger partial charge in [0, 0.05) is 83.1 Å². The lowest BCUT2D eigenvalue weighted by Crippen LogP contribution is -2.54. The van der Waals surface area contributed by atoms with E-state index in [0.717, 1.165) is 81.8 Å². The summed E-state index contributed by atoms with van der Waals surface area (Å²) in [5.41, 5.74) is 5.50. The molecule has 4 aliphatic rings. The number of piperazine rings is 1. The summed E-state index contributed by atoms with van der Waals surface area (Å²) < 4.78 is 0. The van der Waals surface area contributed by atoms with Crippen LogP contribution < -0.4 is 5.32 Å². The molecule has 1 unspecified atom stereocenters. The van der Waals surface area contributed by atoms with E-state index < -0.39 is 0 Å². The Morgan fingerprint density at radius 1 is 0.822 bits per heavy atom. The van der Waals surface area contributed by atoms with Gasteiger partial charge in [-0.1, -0.05) is 47.5 Å². The minimum Gasteiger partial charge on any atom is -0.343 e. The van der Waals surface area contributed by atoms with Gasteiger partial charge in [0.2, 0.25) is 11.8 Å². The molecule has 45 heavy (non-hydrogen) atoms. The monoisotopic (exact) mass is 614 g/mol. The highest BCUT2D eigenvalue weighted by Crippen LogP contribution is 2.29. The SMILES string of the molecule is Cc1cc(C)cc(CC(CC(=O)N2CCC(N3Cc4ccccc4NC3=O)CC2)C(=O)N2CCC(N3CCN(C)CC3)CC2)c1. The van der Waals surface area contributed by atoms with Crippen molar-refractivity contribution >= 4 is 23.5 Å². The Balaban J connectivity index is 1.08. The minimum absolute atomic E-state index is 0.0527. The van der Waals surface area contributed by atoms with Gasteiger partial charge in [-0.15, -0.1) is 0 Å². The van der Waals surface area contributed by atoms with Crippen LogP contribution in [0.1, 0.15) is 54.4 Å². The Bertz CT molecular complexity index is 1350. The van der Waals surface area contributed by atoms with E-state index in [9.17, 15) is 14.4 Å². The van der Waals surface area contributed by atoms with E-state index in [1.165, 1.54) is 11.1 Å². The normalized spacial score (nSPS) is 21.4. The topological polar surface area (TPSA) is 79.4 Å². The molecule has 0 aliphatic carbocycles. The third kappa shape index (κ3) is 7.52. The maximum atomic E-state index is 14.1. The number of likely N-dealkylation sites (N-methyl/N-ethyl adjacent to an activating group) is 1. The number of urea groups is 1. The van der Waals surface area contributed by atoms with Gasteiger partial charge in [-0.25, -0.2) is 4.79 Å². The van der Waals surface area contributed by atoms with Crippen LogP contribution in [-0.2, 0) is 22.6 Å². The molecule has 0 spiro atoms. The van der Waals surface area contributed by atoms with Gasteiger partial charge in [0.1, 0.15) is 0 Å². The average Bonchev–Trinajstić information content (AvgIpc) is 3.04. The highest BCUT2D eigenvalue weighted by molar-refractivity contribution is 5.92. The van der Waals surface area contributed by atoms with Crippen LogP contribution in [0.2, 0.25) is 0 Å². The Kier molecular flexibility index (Phi) is 9.75. The first-order valence-electron chi connectivity index (χ1n) is 17.0. The fraction of sp³-hybridized carbons (Fsp3) is 0.583. The number of piperidine rings is 2. The lowest BCUT2D eigenvalue weighted by atomic mass is 9.91. The van der Waals surface area contributed by atoms with Crippen molar-refractivity contribution in [1.82, 2.24) is 24.5 Å². The van der Waals surface area contributed by atoms with Crippen molar-refractivity contribution in [3.63, 3.8) is 0 Å². The van der Waals surface area contributed by atoms with E-state index in [1.54, 1.807) is 0 Å². The number of nitrogens with zero attached hydrogens (tertiary/aromatic N) is 5. The molecule has 2 aromatic rings. The van der Waals surface area contributed by atoms with Crippen molar-refractivity contribution in [2.45, 2.75) is 71.0 Å². The molecule has 0 bridgehead atoms. The predicted molar refractivity (Wildman–Crippen MR) is 177 cm³/mol. The number of carbonyl (C=O) groups is 3. The number of benzene rings is 2. The summed E-state index contributed by atoms with van der Waals surface area (Å²) in [6.45, 7) is 11.9.